The number of hydrogen-bond acceptors (Lipinski definition) is 6. The van der Waals surface area contributed by atoms with Gasteiger partial charge in [0.1, 0.15) is 5.00 Å². The van der Waals surface area contributed by atoms with Crippen molar-refractivity contribution < 1.29 is 19.1 Å². The second-order valence-corrected chi connectivity index (χ2v) is 12.8. The highest BCUT2D eigenvalue weighted by molar-refractivity contribution is 8.00. The zero-order chi connectivity index (χ0) is 29.1. The van der Waals surface area contributed by atoms with Gasteiger partial charge in [-0.25, -0.2) is 4.79 Å². The van der Waals surface area contributed by atoms with E-state index in [0.717, 1.165) is 56.6 Å². The van der Waals surface area contributed by atoms with E-state index in [1.165, 1.54) is 23.1 Å². The van der Waals surface area contributed by atoms with Crippen molar-refractivity contribution >= 4 is 56.8 Å². The molecule has 2 aromatic carbocycles. The number of fused-ring (bicyclic) bond motifs is 2. The van der Waals surface area contributed by atoms with Crippen molar-refractivity contribution in [3.8, 4) is 0 Å². The van der Waals surface area contributed by atoms with Crippen molar-refractivity contribution in [1.82, 2.24) is 9.88 Å². The lowest BCUT2D eigenvalue weighted by Gasteiger charge is -2.12. The van der Waals surface area contributed by atoms with Gasteiger partial charge in [0.05, 0.1) is 17.4 Å². The van der Waals surface area contributed by atoms with Crippen molar-refractivity contribution in [3.05, 3.63) is 81.4 Å². The minimum absolute atomic E-state index is 0.0915. The number of thioether (sulfide) groups is 1. The first kappa shape index (κ1) is 29.0. The number of nitrogens with one attached hydrogen (secondary N) is 2. The summed E-state index contributed by atoms with van der Waals surface area (Å²) in [6.45, 7) is 9.07. The summed E-state index contributed by atoms with van der Waals surface area (Å²) in [6.07, 6.45) is 4.83. The van der Waals surface area contributed by atoms with Crippen molar-refractivity contribution in [3.63, 3.8) is 0 Å². The molecule has 5 rings (SSSR count). The molecule has 2 heterocycles. The molecule has 41 heavy (non-hydrogen) atoms. The number of anilines is 1. The third-order valence-electron chi connectivity index (χ3n) is 7.47. The van der Waals surface area contributed by atoms with Crippen LogP contribution in [0.5, 0.6) is 0 Å². The van der Waals surface area contributed by atoms with Gasteiger partial charge in [-0.15, -0.1) is 23.1 Å². The Morgan fingerprint density at radius 1 is 1.10 bits per heavy atom. The molecule has 1 unspecified atom stereocenters. The molecule has 9 heteroatoms. The molecule has 0 bridgehead atoms. The molecule has 0 fully saturated rings. The van der Waals surface area contributed by atoms with Gasteiger partial charge < -0.3 is 19.9 Å². The largest absolute Gasteiger partial charge is 0.462 e. The monoisotopic (exact) mass is 589 g/mol. The van der Waals surface area contributed by atoms with Crippen LogP contribution in [0.2, 0.25) is 0 Å². The lowest BCUT2D eigenvalue weighted by molar-refractivity contribution is -0.115. The molecular weight excluding hydrogens is 555 g/mol. The smallest absolute Gasteiger partial charge is 0.341 e. The highest BCUT2D eigenvalue weighted by Crippen LogP contribution is 2.40. The number of aryl methyl sites for hydroxylation is 3. The second kappa shape index (κ2) is 12.5. The van der Waals surface area contributed by atoms with Gasteiger partial charge in [-0.2, -0.15) is 0 Å². The Labute approximate surface area is 248 Å². The molecule has 0 saturated carbocycles. The van der Waals surface area contributed by atoms with E-state index in [-0.39, 0.29) is 17.8 Å². The van der Waals surface area contributed by atoms with E-state index in [2.05, 4.69) is 21.3 Å². The fourth-order valence-electron chi connectivity index (χ4n) is 5.14. The molecule has 0 saturated heterocycles. The Bertz CT molecular complexity index is 1620. The van der Waals surface area contributed by atoms with Crippen LogP contribution in [-0.4, -0.2) is 40.8 Å². The maximum Gasteiger partial charge on any atom is 0.341 e. The summed E-state index contributed by atoms with van der Waals surface area (Å²) >= 11 is 2.98. The zero-order valence-corrected chi connectivity index (χ0v) is 25.5. The SMILES string of the molecule is CCOC(=O)c1c(NC(=O)C(C)Sc2cn(CCNC(=O)c3ccc(C)c(C)c3)c3ccccc23)sc2c1CCC2. The first-order valence-corrected chi connectivity index (χ1v) is 15.7. The minimum Gasteiger partial charge on any atom is -0.462 e. The van der Waals surface area contributed by atoms with Crippen LogP contribution in [0.4, 0.5) is 5.00 Å². The van der Waals surface area contributed by atoms with Gasteiger partial charge in [0, 0.05) is 45.5 Å². The van der Waals surface area contributed by atoms with Gasteiger partial charge >= 0.3 is 5.97 Å². The van der Waals surface area contributed by atoms with Crippen LogP contribution in [0.15, 0.2) is 53.6 Å². The average Bonchev–Trinajstić information content (AvgIpc) is 3.64. The van der Waals surface area contributed by atoms with E-state index < -0.39 is 5.25 Å². The molecule has 2 amide bonds. The molecular formula is C32H35N3O4S2. The number of esters is 1. The summed E-state index contributed by atoms with van der Waals surface area (Å²) in [5.41, 5.74) is 5.50. The van der Waals surface area contributed by atoms with Crippen LogP contribution < -0.4 is 10.6 Å². The van der Waals surface area contributed by atoms with Crippen molar-refractivity contribution in [2.45, 2.75) is 63.6 Å². The maximum atomic E-state index is 13.3. The topological polar surface area (TPSA) is 89.4 Å². The number of benzene rings is 2. The third-order valence-corrected chi connectivity index (χ3v) is 9.82. The van der Waals surface area contributed by atoms with Gasteiger partial charge in [0.15, 0.2) is 0 Å². The molecule has 0 aliphatic heterocycles. The molecule has 1 aliphatic rings. The predicted octanol–water partition coefficient (Wildman–Crippen LogP) is 6.53. The van der Waals surface area contributed by atoms with Gasteiger partial charge in [-0.05, 0) is 81.8 Å². The summed E-state index contributed by atoms with van der Waals surface area (Å²) < 4.78 is 7.42. The number of thiophene rings is 1. The van der Waals surface area contributed by atoms with E-state index >= 15 is 0 Å². The van der Waals surface area contributed by atoms with E-state index in [1.54, 1.807) is 6.92 Å². The fourth-order valence-corrected chi connectivity index (χ4v) is 7.45. The van der Waals surface area contributed by atoms with Crippen LogP contribution in [0.3, 0.4) is 0 Å². The predicted molar refractivity (Wildman–Crippen MR) is 166 cm³/mol. The van der Waals surface area contributed by atoms with Crippen molar-refractivity contribution in [1.29, 1.82) is 0 Å². The van der Waals surface area contributed by atoms with Gasteiger partial charge in [-0.1, -0.05) is 24.3 Å². The van der Waals surface area contributed by atoms with Gasteiger partial charge in [0.25, 0.3) is 5.91 Å². The Hall–Kier alpha value is -3.56. The standard InChI is InChI=1S/C32H35N3O4S2/c1-5-39-32(38)28-24-10-8-12-26(24)41-31(28)34-29(36)21(4)40-27-18-35(25-11-7-6-9-23(25)27)16-15-33-30(37)22-14-13-19(2)20(3)17-22/h6-7,9,11,13-14,17-18,21H,5,8,10,12,15-16H2,1-4H3,(H,33,37)(H,34,36). The van der Waals surface area contributed by atoms with Crippen molar-refractivity contribution in [2.24, 2.45) is 0 Å². The summed E-state index contributed by atoms with van der Waals surface area (Å²) in [4.78, 5) is 40.9. The Morgan fingerprint density at radius 3 is 2.68 bits per heavy atom. The number of carbonyl (C=O) groups is 3. The van der Waals surface area contributed by atoms with Crippen LogP contribution in [-0.2, 0) is 28.9 Å². The third kappa shape index (κ3) is 6.21. The van der Waals surface area contributed by atoms with Crippen LogP contribution in [0, 0.1) is 13.8 Å². The number of amides is 2. The number of ether oxygens (including phenoxy) is 1. The number of para-hydroxylation sites is 1. The number of nitrogens with zero attached hydrogens (tertiary/aromatic N) is 1. The van der Waals surface area contributed by atoms with Crippen LogP contribution in [0.1, 0.15) is 62.6 Å². The second-order valence-electron chi connectivity index (χ2n) is 10.3. The lowest BCUT2D eigenvalue weighted by Crippen LogP contribution is -2.27. The number of rotatable bonds is 10. The molecule has 7 nitrogen and oxygen atoms in total. The normalized spacial score (nSPS) is 13.2. The fraction of sp³-hybridized carbons (Fsp3) is 0.344. The maximum absolute atomic E-state index is 13.3. The molecule has 1 aliphatic carbocycles. The van der Waals surface area contributed by atoms with Gasteiger partial charge in [-0.3, -0.25) is 9.59 Å². The number of aromatic nitrogens is 1. The van der Waals surface area contributed by atoms with Crippen molar-refractivity contribution in [2.75, 3.05) is 18.5 Å². The van der Waals surface area contributed by atoms with E-state index in [4.69, 9.17) is 4.74 Å². The highest BCUT2D eigenvalue weighted by Gasteiger charge is 2.29. The zero-order valence-electron chi connectivity index (χ0n) is 23.8. The first-order chi connectivity index (χ1) is 19.8. The molecule has 1 atom stereocenters. The molecule has 2 aromatic heterocycles. The minimum atomic E-state index is -0.397. The summed E-state index contributed by atoms with van der Waals surface area (Å²) in [7, 11) is 0. The van der Waals surface area contributed by atoms with E-state index in [9.17, 15) is 14.4 Å². The Balaban J connectivity index is 1.27. The van der Waals surface area contributed by atoms with Crippen LogP contribution in [0.25, 0.3) is 10.9 Å². The van der Waals surface area contributed by atoms with E-state index in [0.29, 0.717) is 35.8 Å². The lowest BCUT2D eigenvalue weighted by atomic mass is 10.1. The molecule has 2 N–H and O–H groups in total. The first-order valence-electron chi connectivity index (χ1n) is 14.0. The van der Waals surface area contributed by atoms with Crippen LogP contribution >= 0.6 is 23.1 Å². The van der Waals surface area contributed by atoms with E-state index in [1.807, 2.05) is 63.4 Å². The Morgan fingerprint density at radius 2 is 1.90 bits per heavy atom. The van der Waals surface area contributed by atoms with Gasteiger partial charge in [0.2, 0.25) is 5.91 Å². The molecule has 214 valence electrons. The summed E-state index contributed by atoms with van der Waals surface area (Å²) in [6, 6.07) is 13.8. The average molecular weight is 590 g/mol. The molecule has 4 aromatic rings. The molecule has 0 radical (unpaired) electrons. The quantitative estimate of drug-likeness (QED) is 0.162. The number of hydrogen-bond donors (Lipinski definition) is 2. The highest BCUT2D eigenvalue weighted by atomic mass is 32.2. The summed E-state index contributed by atoms with van der Waals surface area (Å²) in [5.74, 6) is -0.612. The Kier molecular flexibility index (Phi) is 8.85. The molecule has 0 spiro atoms. The summed E-state index contributed by atoms with van der Waals surface area (Å²) in [5, 5.41) is 7.30. The number of carbonyl (C=O) groups excluding carboxylic acids is 3.